The Bertz CT molecular complexity index is 513. The van der Waals surface area contributed by atoms with Crippen LogP contribution >= 0.6 is 11.3 Å². The Hall–Kier alpha value is -1.52. The number of rotatable bonds is 7. The highest BCUT2D eigenvalue weighted by molar-refractivity contribution is 7.10. The van der Waals surface area contributed by atoms with Crippen molar-refractivity contribution in [3.05, 3.63) is 46.7 Å². The van der Waals surface area contributed by atoms with Gasteiger partial charge in [-0.2, -0.15) is 0 Å². The van der Waals surface area contributed by atoms with Crippen LogP contribution in [0.5, 0.6) is 5.75 Å². The first-order chi connectivity index (χ1) is 9.66. The number of nitrogens with two attached hydrogens (primary N) is 1. The van der Waals surface area contributed by atoms with E-state index in [9.17, 15) is 0 Å². The van der Waals surface area contributed by atoms with Gasteiger partial charge in [0.25, 0.3) is 0 Å². The van der Waals surface area contributed by atoms with Crippen LogP contribution < -0.4 is 10.5 Å². The number of nitrogens with zero attached hydrogens (tertiary/aromatic N) is 1. The van der Waals surface area contributed by atoms with Crippen LogP contribution in [-0.2, 0) is 0 Å². The fourth-order valence-electron chi connectivity index (χ4n) is 2.05. The maximum atomic E-state index is 5.72. The zero-order chi connectivity index (χ0) is 14.4. The van der Waals surface area contributed by atoms with Gasteiger partial charge in [0.05, 0.1) is 6.61 Å². The van der Waals surface area contributed by atoms with Gasteiger partial charge in [0, 0.05) is 29.2 Å². The highest BCUT2D eigenvalue weighted by Gasteiger charge is 2.11. The number of anilines is 1. The Labute approximate surface area is 125 Å². The van der Waals surface area contributed by atoms with Crippen molar-refractivity contribution in [2.24, 2.45) is 0 Å². The molecule has 0 aliphatic carbocycles. The van der Waals surface area contributed by atoms with Gasteiger partial charge < -0.3 is 10.5 Å². The molecule has 2 aromatic rings. The van der Waals surface area contributed by atoms with Crippen molar-refractivity contribution in [1.82, 2.24) is 4.90 Å². The summed E-state index contributed by atoms with van der Waals surface area (Å²) in [6.07, 6.45) is 1.00. The van der Waals surface area contributed by atoms with Crippen LogP contribution in [0.1, 0.15) is 24.3 Å². The maximum absolute atomic E-state index is 5.72. The summed E-state index contributed by atoms with van der Waals surface area (Å²) in [5.74, 6) is 0.846. The Morgan fingerprint density at radius 1 is 1.30 bits per heavy atom. The van der Waals surface area contributed by atoms with Gasteiger partial charge in [0.15, 0.2) is 0 Å². The molecule has 1 aromatic heterocycles. The Balaban J connectivity index is 1.70. The summed E-state index contributed by atoms with van der Waals surface area (Å²) in [6.45, 7) is 3.97. The molecular weight excluding hydrogens is 268 g/mol. The molecule has 2 N–H and O–H groups in total. The van der Waals surface area contributed by atoms with Crippen molar-refractivity contribution >= 4 is 17.0 Å². The van der Waals surface area contributed by atoms with Crippen LogP contribution in [0.2, 0.25) is 0 Å². The van der Waals surface area contributed by atoms with E-state index in [0.29, 0.717) is 12.6 Å². The molecule has 0 amide bonds. The van der Waals surface area contributed by atoms with Gasteiger partial charge >= 0.3 is 0 Å². The van der Waals surface area contributed by atoms with Crippen molar-refractivity contribution in [1.29, 1.82) is 0 Å². The quantitative estimate of drug-likeness (QED) is 0.623. The molecule has 1 atom stereocenters. The second kappa shape index (κ2) is 7.31. The number of nitrogen functional groups attached to an aromatic ring is 1. The van der Waals surface area contributed by atoms with E-state index in [0.717, 1.165) is 24.4 Å². The Kier molecular flexibility index (Phi) is 5.44. The summed E-state index contributed by atoms with van der Waals surface area (Å²) in [5.41, 5.74) is 6.46. The molecule has 20 heavy (non-hydrogen) atoms. The van der Waals surface area contributed by atoms with E-state index in [1.165, 1.54) is 4.88 Å². The van der Waals surface area contributed by atoms with Crippen molar-refractivity contribution in [3.8, 4) is 5.75 Å². The second-order valence-electron chi connectivity index (χ2n) is 4.95. The van der Waals surface area contributed by atoms with Crippen LogP contribution in [0, 0.1) is 0 Å². The fraction of sp³-hybridized carbons (Fsp3) is 0.375. The molecule has 0 radical (unpaired) electrons. The largest absolute Gasteiger partial charge is 0.493 e. The normalized spacial score (nSPS) is 12.6. The van der Waals surface area contributed by atoms with Crippen LogP contribution in [0.4, 0.5) is 5.69 Å². The first-order valence-corrected chi connectivity index (χ1v) is 7.77. The zero-order valence-electron chi connectivity index (χ0n) is 12.1. The minimum absolute atomic E-state index is 0.461. The zero-order valence-corrected chi connectivity index (χ0v) is 12.9. The van der Waals surface area contributed by atoms with Crippen LogP contribution in [-0.4, -0.2) is 25.1 Å². The molecule has 0 bridgehead atoms. The van der Waals surface area contributed by atoms with Crippen LogP contribution in [0.25, 0.3) is 0 Å². The summed E-state index contributed by atoms with van der Waals surface area (Å²) in [6, 6.07) is 12.3. The molecular formula is C16H22N2OS. The predicted octanol–water partition coefficient (Wildman–Crippen LogP) is 3.79. The predicted molar refractivity (Wildman–Crippen MR) is 86.3 cm³/mol. The Morgan fingerprint density at radius 3 is 2.85 bits per heavy atom. The van der Waals surface area contributed by atoms with E-state index in [2.05, 4.69) is 36.4 Å². The van der Waals surface area contributed by atoms with E-state index in [1.54, 1.807) is 0 Å². The average molecular weight is 290 g/mol. The van der Waals surface area contributed by atoms with Crippen molar-refractivity contribution in [2.75, 3.05) is 25.9 Å². The standard InChI is InChI=1S/C16H22N2OS/c1-13(16-8-4-11-20-16)18(2)9-5-10-19-15-7-3-6-14(17)12-15/h3-4,6-8,11-13H,5,9-10,17H2,1-2H3. The van der Waals surface area contributed by atoms with Gasteiger partial charge in [0.2, 0.25) is 0 Å². The lowest BCUT2D eigenvalue weighted by Crippen LogP contribution is -2.24. The van der Waals surface area contributed by atoms with E-state index in [4.69, 9.17) is 10.5 Å². The molecule has 1 aromatic carbocycles. The topological polar surface area (TPSA) is 38.5 Å². The first-order valence-electron chi connectivity index (χ1n) is 6.89. The van der Waals surface area contributed by atoms with Gasteiger partial charge in [-0.15, -0.1) is 11.3 Å². The molecule has 0 aliphatic rings. The van der Waals surface area contributed by atoms with Crippen LogP contribution in [0.3, 0.4) is 0 Å². The molecule has 1 heterocycles. The number of hydrogen-bond donors (Lipinski definition) is 1. The highest BCUT2D eigenvalue weighted by Crippen LogP contribution is 2.23. The van der Waals surface area contributed by atoms with Gasteiger partial charge in [-0.1, -0.05) is 12.1 Å². The highest BCUT2D eigenvalue weighted by atomic mass is 32.1. The van der Waals surface area contributed by atoms with E-state index in [1.807, 2.05) is 35.6 Å². The minimum atomic E-state index is 0.461. The lowest BCUT2D eigenvalue weighted by molar-refractivity contribution is 0.228. The number of hydrogen-bond acceptors (Lipinski definition) is 4. The summed E-state index contributed by atoms with van der Waals surface area (Å²) < 4.78 is 5.70. The average Bonchev–Trinajstić information content (AvgIpc) is 2.96. The summed E-state index contributed by atoms with van der Waals surface area (Å²) >= 11 is 1.81. The van der Waals surface area contributed by atoms with Gasteiger partial charge in [-0.05, 0) is 44.0 Å². The first kappa shape index (κ1) is 14.9. The maximum Gasteiger partial charge on any atom is 0.121 e. The number of benzene rings is 1. The smallest absolute Gasteiger partial charge is 0.121 e. The van der Waals surface area contributed by atoms with Gasteiger partial charge in [-0.25, -0.2) is 0 Å². The van der Waals surface area contributed by atoms with Crippen molar-refractivity contribution in [2.45, 2.75) is 19.4 Å². The molecule has 0 saturated carbocycles. The lowest BCUT2D eigenvalue weighted by Gasteiger charge is -2.23. The molecule has 0 fully saturated rings. The fourth-order valence-corrected chi connectivity index (χ4v) is 2.90. The SMILES string of the molecule is CC(c1cccs1)N(C)CCCOc1cccc(N)c1. The molecule has 0 aliphatic heterocycles. The van der Waals surface area contributed by atoms with Crippen molar-refractivity contribution < 1.29 is 4.74 Å². The third-order valence-corrected chi connectivity index (χ3v) is 4.44. The van der Waals surface area contributed by atoms with E-state index < -0.39 is 0 Å². The molecule has 108 valence electrons. The molecule has 4 heteroatoms. The number of ether oxygens (including phenoxy) is 1. The number of thiophene rings is 1. The van der Waals surface area contributed by atoms with Crippen molar-refractivity contribution in [3.63, 3.8) is 0 Å². The van der Waals surface area contributed by atoms with Crippen LogP contribution in [0.15, 0.2) is 41.8 Å². The molecule has 2 rings (SSSR count). The molecule has 0 saturated heterocycles. The lowest BCUT2D eigenvalue weighted by atomic mass is 10.2. The third kappa shape index (κ3) is 4.25. The molecule has 1 unspecified atom stereocenters. The monoisotopic (exact) mass is 290 g/mol. The van der Waals surface area contributed by atoms with E-state index in [-0.39, 0.29) is 0 Å². The molecule has 3 nitrogen and oxygen atoms in total. The summed E-state index contributed by atoms with van der Waals surface area (Å²) in [7, 11) is 2.16. The van der Waals surface area contributed by atoms with Gasteiger partial charge in [0.1, 0.15) is 5.75 Å². The van der Waals surface area contributed by atoms with Gasteiger partial charge in [-0.3, -0.25) is 4.90 Å². The second-order valence-corrected chi connectivity index (χ2v) is 5.93. The third-order valence-electron chi connectivity index (χ3n) is 3.40. The van der Waals surface area contributed by atoms with E-state index >= 15 is 0 Å². The molecule has 0 spiro atoms. The summed E-state index contributed by atoms with van der Waals surface area (Å²) in [5, 5.41) is 2.13. The Morgan fingerprint density at radius 2 is 2.15 bits per heavy atom. The minimum Gasteiger partial charge on any atom is -0.493 e. The summed E-state index contributed by atoms with van der Waals surface area (Å²) in [4.78, 5) is 3.76.